The summed E-state index contributed by atoms with van der Waals surface area (Å²) in [5.74, 6) is 1.43. The van der Waals surface area contributed by atoms with Crippen LogP contribution in [0.4, 0.5) is 0 Å². The summed E-state index contributed by atoms with van der Waals surface area (Å²) in [4.78, 5) is 4.27. The van der Waals surface area contributed by atoms with E-state index in [2.05, 4.69) is 11.9 Å². The van der Waals surface area contributed by atoms with E-state index < -0.39 is 0 Å². The van der Waals surface area contributed by atoms with E-state index in [-0.39, 0.29) is 6.10 Å². The van der Waals surface area contributed by atoms with Gasteiger partial charge in [-0.1, -0.05) is 39.0 Å². The summed E-state index contributed by atoms with van der Waals surface area (Å²) in [6.07, 6.45) is 11.5. The molecule has 0 spiro atoms. The summed E-state index contributed by atoms with van der Waals surface area (Å²) in [7, 11) is 0. The minimum Gasteiger partial charge on any atom is -0.392 e. The number of nitrogens with zero attached hydrogens (tertiary/aromatic N) is 1. The van der Waals surface area contributed by atoms with Crippen LogP contribution in [0.5, 0.6) is 0 Å². The van der Waals surface area contributed by atoms with Gasteiger partial charge < -0.3 is 5.11 Å². The Morgan fingerprint density at radius 1 is 1.39 bits per heavy atom. The van der Waals surface area contributed by atoms with Gasteiger partial charge in [0.05, 0.1) is 11.1 Å². The van der Waals surface area contributed by atoms with Gasteiger partial charge >= 0.3 is 0 Å². The standard InChI is InChI=1S/C15H25NOS/c1-2-3-4-12-5-7-13(8-6-12)14(17)11-15-16-9-10-18-15/h9-10,12-14,17H,2-8,11H2,1H3. The van der Waals surface area contributed by atoms with E-state index in [1.165, 1.54) is 44.9 Å². The normalized spacial score (nSPS) is 26.1. The highest BCUT2D eigenvalue weighted by atomic mass is 32.1. The molecular formula is C15H25NOS. The van der Waals surface area contributed by atoms with Crippen molar-refractivity contribution in [3.05, 3.63) is 16.6 Å². The minimum absolute atomic E-state index is 0.178. The van der Waals surface area contributed by atoms with Crippen molar-refractivity contribution in [2.45, 2.75) is 64.4 Å². The molecular weight excluding hydrogens is 242 g/mol. The first-order valence-corrected chi connectivity index (χ1v) is 8.24. The third kappa shape index (κ3) is 4.06. The number of hydrogen-bond donors (Lipinski definition) is 1. The molecule has 1 saturated carbocycles. The van der Waals surface area contributed by atoms with E-state index in [1.54, 1.807) is 11.3 Å². The van der Waals surface area contributed by atoms with Gasteiger partial charge in [-0.3, -0.25) is 0 Å². The highest BCUT2D eigenvalue weighted by Crippen LogP contribution is 2.34. The molecule has 0 bridgehead atoms. The second-order valence-corrected chi connectivity index (χ2v) is 6.60. The zero-order chi connectivity index (χ0) is 12.8. The SMILES string of the molecule is CCCCC1CCC(C(O)Cc2nccs2)CC1. The van der Waals surface area contributed by atoms with E-state index in [0.29, 0.717) is 5.92 Å². The van der Waals surface area contributed by atoms with Crippen LogP contribution in [-0.4, -0.2) is 16.2 Å². The van der Waals surface area contributed by atoms with E-state index in [4.69, 9.17) is 0 Å². The van der Waals surface area contributed by atoms with Gasteiger partial charge in [0, 0.05) is 18.0 Å². The number of unbranched alkanes of at least 4 members (excludes halogenated alkanes) is 1. The average molecular weight is 267 g/mol. The second-order valence-electron chi connectivity index (χ2n) is 5.62. The van der Waals surface area contributed by atoms with Crippen LogP contribution in [0.2, 0.25) is 0 Å². The molecule has 3 heteroatoms. The number of thiazole rings is 1. The molecule has 1 aromatic rings. The van der Waals surface area contributed by atoms with E-state index in [0.717, 1.165) is 17.3 Å². The quantitative estimate of drug-likeness (QED) is 0.843. The Morgan fingerprint density at radius 2 is 2.17 bits per heavy atom. The smallest absolute Gasteiger partial charge is 0.0950 e. The molecule has 1 aliphatic rings. The Balaban J connectivity index is 1.72. The molecule has 0 saturated heterocycles. The van der Waals surface area contributed by atoms with Crippen LogP contribution in [-0.2, 0) is 6.42 Å². The maximum Gasteiger partial charge on any atom is 0.0950 e. The molecule has 1 unspecified atom stereocenters. The lowest BCUT2D eigenvalue weighted by atomic mass is 9.77. The van der Waals surface area contributed by atoms with E-state index in [1.807, 2.05) is 11.6 Å². The largest absolute Gasteiger partial charge is 0.392 e. The highest BCUT2D eigenvalue weighted by molar-refractivity contribution is 7.09. The molecule has 1 N–H and O–H groups in total. The van der Waals surface area contributed by atoms with Gasteiger partial charge in [0.25, 0.3) is 0 Å². The third-order valence-electron chi connectivity index (χ3n) is 4.27. The van der Waals surface area contributed by atoms with Gasteiger partial charge in [-0.2, -0.15) is 0 Å². The molecule has 1 heterocycles. The number of aliphatic hydroxyl groups is 1. The summed E-state index contributed by atoms with van der Waals surface area (Å²) in [5.41, 5.74) is 0. The fourth-order valence-electron chi connectivity index (χ4n) is 3.05. The van der Waals surface area contributed by atoms with Gasteiger partial charge in [-0.15, -0.1) is 11.3 Å². The first-order chi connectivity index (χ1) is 8.79. The minimum atomic E-state index is -0.178. The second kappa shape index (κ2) is 7.25. The van der Waals surface area contributed by atoms with Crippen LogP contribution in [0.3, 0.4) is 0 Å². The topological polar surface area (TPSA) is 33.1 Å². The Bertz CT molecular complexity index is 317. The maximum atomic E-state index is 10.3. The van der Waals surface area contributed by atoms with Crippen LogP contribution in [0.15, 0.2) is 11.6 Å². The van der Waals surface area contributed by atoms with Crippen LogP contribution in [0.25, 0.3) is 0 Å². The molecule has 1 atom stereocenters. The van der Waals surface area contributed by atoms with Crippen molar-refractivity contribution < 1.29 is 5.11 Å². The Kier molecular flexibility index (Phi) is 5.64. The first-order valence-electron chi connectivity index (χ1n) is 7.36. The molecule has 0 aliphatic heterocycles. The van der Waals surface area contributed by atoms with Crippen molar-refractivity contribution in [2.75, 3.05) is 0 Å². The Hall–Kier alpha value is -0.410. The maximum absolute atomic E-state index is 10.3. The molecule has 2 rings (SSSR count). The Labute approximate surface area is 114 Å². The highest BCUT2D eigenvalue weighted by Gasteiger charge is 2.26. The van der Waals surface area contributed by atoms with Gasteiger partial charge in [0.2, 0.25) is 0 Å². The average Bonchev–Trinajstić information content (AvgIpc) is 2.89. The van der Waals surface area contributed by atoms with Crippen molar-refractivity contribution in [3.63, 3.8) is 0 Å². The van der Waals surface area contributed by atoms with Gasteiger partial charge in [0.15, 0.2) is 0 Å². The lowest BCUT2D eigenvalue weighted by Gasteiger charge is -2.31. The number of hydrogen-bond acceptors (Lipinski definition) is 3. The summed E-state index contributed by atoms with van der Waals surface area (Å²) >= 11 is 1.66. The molecule has 102 valence electrons. The summed E-state index contributed by atoms with van der Waals surface area (Å²) in [6, 6.07) is 0. The fraction of sp³-hybridized carbons (Fsp3) is 0.800. The third-order valence-corrected chi connectivity index (χ3v) is 5.07. The van der Waals surface area contributed by atoms with Crippen molar-refractivity contribution >= 4 is 11.3 Å². The van der Waals surface area contributed by atoms with Gasteiger partial charge in [-0.25, -0.2) is 4.98 Å². The molecule has 1 aromatic heterocycles. The van der Waals surface area contributed by atoms with Gasteiger partial charge in [0.1, 0.15) is 0 Å². The van der Waals surface area contributed by atoms with Crippen LogP contribution in [0, 0.1) is 11.8 Å². The zero-order valence-corrected chi connectivity index (χ0v) is 12.2. The van der Waals surface area contributed by atoms with E-state index >= 15 is 0 Å². The predicted molar refractivity (Wildman–Crippen MR) is 76.8 cm³/mol. The fourth-order valence-corrected chi connectivity index (χ4v) is 3.72. The molecule has 2 nitrogen and oxygen atoms in total. The lowest BCUT2D eigenvalue weighted by Crippen LogP contribution is -2.27. The summed E-state index contributed by atoms with van der Waals surface area (Å²) < 4.78 is 0. The molecule has 1 aliphatic carbocycles. The molecule has 0 aromatic carbocycles. The zero-order valence-electron chi connectivity index (χ0n) is 11.3. The van der Waals surface area contributed by atoms with Crippen molar-refractivity contribution in [1.29, 1.82) is 0 Å². The number of rotatable bonds is 6. The monoisotopic (exact) mass is 267 g/mol. The van der Waals surface area contributed by atoms with Gasteiger partial charge in [-0.05, 0) is 24.7 Å². The van der Waals surface area contributed by atoms with Crippen LogP contribution < -0.4 is 0 Å². The molecule has 0 amide bonds. The van der Waals surface area contributed by atoms with Crippen molar-refractivity contribution in [1.82, 2.24) is 4.98 Å². The van der Waals surface area contributed by atoms with Crippen molar-refractivity contribution in [2.24, 2.45) is 11.8 Å². The first kappa shape index (κ1) is 14.0. The molecule has 18 heavy (non-hydrogen) atoms. The summed E-state index contributed by atoms with van der Waals surface area (Å²) in [5, 5.41) is 13.3. The Morgan fingerprint density at radius 3 is 2.78 bits per heavy atom. The van der Waals surface area contributed by atoms with Crippen molar-refractivity contribution in [3.8, 4) is 0 Å². The lowest BCUT2D eigenvalue weighted by molar-refractivity contribution is 0.0725. The number of aliphatic hydroxyl groups excluding tert-OH is 1. The predicted octanol–water partition coefficient (Wildman–Crippen LogP) is 4.04. The molecule has 0 radical (unpaired) electrons. The van der Waals surface area contributed by atoms with E-state index in [9.17, 15) is 5.11 Å². The van der Waals surface area contributed by atoms with Crippen LogP contribution >= 0.6 is 11.3 Å². The number of aromatic nitrogens is 1. The van der Waals surface area contributed by atoms with Crippen LogP contribution in [0.1, 0.15) is 56.9 Å². The molecule has 1 fully saturated rings. The summed E-state index contributed by atoms with van der Waals surface area (Å²) in [6.45, 7) is 2.27.